The highest BCUT2D eigenvalue weighted by Gasteiger charge is 2.59. The SMILES string of the molecule is C=CC1=CC[C@H]2C(=O)C(c3ccccc3)=CC(=O)[C@@]2(c2ccccc2)[C@H]1c1ccccc1O. The number of carbonyl (C=O) groups is 2. The fourth-order valence-corrected chi connectivity index (χ4v) is 5.58. The monoisotopic (exact) mass is 432 g/mol. The van der Waals surface area contributed by atoms with Crippen LogP contribution in [0.5, 0.6) is 5.75 Å². The van der Waals surface area contributed by atoms with Crippen LogP contribution in [-0.2, 0) is 15.0 Å². The lowest BCUT2D eigenvalue weighted by molar-refractivity contribution is -0.131. The molecule has 0 radical (unpaired) electrons. The topological polar surface area (TPSA) is 54.4 Å². The summed E-state index contributed by atoms with van der Waals surface area (Å²) in [5.74, 6) is -1.21. The van der Waals surface area contributed by atoms with Gasteiger partial charge < -0.3 is 5.11 Å². The van der Waals surface area contributed by atoms with Gasteiger partial charge in [-0.1, -0.05) is 97.6 Å². The van der Waals surface area contributed by atoms with E-state index in [1.165, 1.54) is 6.08 Å². The van der Waals surface area contributed by atoms with E-state index in [1.807, 2.05) is 78.9 Å². The molecule has 0 saturated heterocycles. The van der Waals surface area contributed by atoms with Gasteiger partial charge in [0.25, 0.3) is 0 Å². The molecule has 5 rings (SSSR count). The molecular weight excluding hydrogens is 408 g/mol. The van der Waals surface area contributed by atoms with Crippen molar-refractivity contribution in [3.8, 4) is 5.75 Å². The van der Waals surface area contributed by atoms with Crippen LogP contribution in [0.4, 0.5) is 0 Å². The van der Waals surface area contributed by atoms with Crippen molar-refractivity contribution in [2.24, 2.45) is 5.92 Å². The molecule has 0 fully saturated rings. The first-order chi connectivity index (χ1) is 16.1. The number of Topliss-reactive ketones (excluding diaryl/α,β-unsaturated/α-hetero) is 1. The normalized spacial score (nSPS) is 24.5. The largest absolute Gasteiger partial charge is 0.508 e. The van der Waals surface area contributed by atoms with Gasteiger partial charge in [0.05, 0.1) is 5.41 Å². The summed E-state index contributed by atoms with van der Waals surface area (Å²) < 4.78 is 0. The molecule has 0 spiro atoms. The van der Waals surface area contributed by atoms with Crippen molar-refractivity contribution in [1.82, 2.24) is 0 Å². The van der Waals surface area contributed by atoms with Crippen LogP contribution in [0.25, 0.3) is 5.57 Å². The van der Waals surface area contributed by atoms with Crippen LogP contribution >= 0.6 is 0 Å². The molecule has 0 aromatic heterocycles. The van der Waals surface area contributed by atoms with E-state index < -0.39 is 17.3 Å². The minimum absolute atomic E-state index is 0.0514. The Morgan fingerprint density at radius 2 is 1.52 bits per heavy atom. The molecule has 3 atom stereocenters. The Kier molecular flexibility index (Phi) is 5.18. The highest BCUT2D eigenvalue weighted by molar-refractivity contribution is 6.31. The predicted molar refractivity (Wildman–Crippen MR) is 130 cm³/mol. The third-order valence-corrected chi connectivity index (χ3v) is 7.01. The van der Waals surface area contributed by atoms with Crippen molar-refractivity contribution < 1.29 is 14.7 Å². The van der Waals surface area contributed by atoms with Crippen LogP contribution in [0, 0.1) is 5.92 Å². The van der Waals surface area contributed by atoms with E-state index >= 15 is 0 Å². The first-order valence-electron chi connectivity index (χ1n) is 11.1. The second-order valence-corrected chi connectivity index (χ2v) is 8.58. The van der Waals surface area contributed by atoms with Crippen LogP contribution < -0.4 is 0 Å². The van der Waals surface area contributed by atoms with Gasteiger partial charge in [-0.15, -0.1) is 0 Å². The summed E-state index contributed by atoms with van der Waals surface area (Å²) in [7, 11) is 0. The Bertz CT molecular complexity index is 1300. The predicted octanol–water partition coefficient (Wildman–Crippen LogP) is 5.78. The fourth-order valence-electron chi connectivity index (χ4n) is 5.58. The smallest absolute Gasteiger partial charge is 0.168 e. The van der Waals surface area contributed by atoms with Crippen molar-refractivity contribution in [2.75, 3.05) is 0 Å². The molecule has 2 aliphatic carbocycles. The number of phenols is 1. The van der Waals surface area contributed by atoms with Gasteiger partial charge in [-0.2, -0.15) is 0 Å². The van der Waals surface area contributed by atoms with Crippen LogP contribution in [0.1, 0.15) is 29.0 Å². The van der Waals surface area contributed by atoms with Gasteiger partial charge in [0, 0.05) is 23.0 Å². The molecule has 2 aliphatic rings. The first kappa shape index (κ1) is 20.9. The van der Waals surface area contributed by atoms with Crippen molar-refractivity contribution in [3.63, 3.8) is 0 Å². The number of carbonyl (C=O) groups excluding carboxylic acids is 2. The van der Waals surface area contributed by atoms with Crippen LogP contribution in [0.2, 0.25) is 0 Å². The zero-order chi connectivity index (χ0) is 23.0. The van der Waals surface area contributed by atoms with Gasteiger partial charge in [-0.3, -0.25) is 9.59 Å². The van der Waals surface area contributed by atoms with Crippen LogP contribution in [-0.4, -0.2) is 16.7 Å². The Labute approximate surface area is 193 Å². The van der Waals surface area contributed by atoms with E-state index in [2.05, 4.69) is 6.58 Å². The molecule has 33 heavy (non-hydrogen) atoms. The standard InChI is InChI=1S/C30H24O3/c1-2-20-17-18-25-29(33)24(21-11-5-3-6-12-21)19-27(32)30(25,22-13-7-4-8-14-22)28(20)23-15-9-10-16-26(23)31/h2-17,19,25,28,31H,1,18H2/t25-,28+,30-/m0/s1. The third-order valence-electron chi connectivity index (χ3n) is 7.01. The molecule has 3 aromatic rings. The van der Waals surface area contributed by atoms with Gasteiger partial charge in [0.15, 0.2) is 11.6 Å². The zero-order valence-electron chi connectivity index (χ0n) is 18.1. The molecule has 1 N–H and O–H groups in total. The number of phenolic OH excluding ortho intramolecular Hbond substituents is 1. The maximum Gasteiger partial charge on any atom is 0.168 e. The summed E-state index contributed by atoms with van der Waals surface area (Å²) in [6, 6.07) is 25.9. The maximum absolute atomic E-state index is 14.3. The van der Waals surface area contributed by atoms with Crippen molar-refractivity contribution >= 4 is 17.1 Å². The van der Waals surface area contributed by atoms with Crippen molar-refractivity contribution in [2.45, 2.75) is 17.8 Å². The molecular formula is C30H24O3. The van der Waals surface area contributed by atoms with E-state index in [0.29, 0.717) is 17.6 Å². The van der Waals surface area contributed by atoms with E-state index in [-0.39, 0.29) is 17.3 Å². The van der Waals surface area contributed by atoms with Gasteiger partial charge in [0.2, 0.25) is 0 Å². The van der Waals surface area contributed by atoms with Crippen molar-refractivity contribution in [1.29, 1.82) is 0 Å². The molecule has 3 nitrogen and oxygen atoms in total. The molecule has 0 unspecified atom stereocenters. The molecule has 3 heteroatoms. The third kappa shape index (κ3) is 3.12. The van der Waals surface area contributed by atoms with Gasteiger partial charge in [-0.05, 0) is 35.3 Å². The van der Waals surface area contributed by atoms with Gasteiger partial charge in [-0.25, -0.2) is 0 Å². The number of hydrogen-bond donors (Lipinski definition) is 1. The van der Waals surface area contributed by atoms with E-state index in [0.717, 1.165) is 16.7 Å². The number of ketones is 2. The second-order valence-electron chi connectivity index (χ2n) is 8.58. The average molecular weight is 433 g/mol. The van der Waals surface area contributed by atoms with Crippen LogP contribution in [0.3, 0.4) is 0 Å². The molecule has 162 valence electrons. The Balaban J connectivity index is 1.83. The molecule has 0 heterocycles. The summed E-state index contributed by atoms with van der Waals surface area (Å²) in [5.41, 5.74) is 2.26. The number of aromatic hydroxyl groups is 1. The first-order valence-corrected chi connectivity index (χ1v) is 11.1. The number of benzene rings is 3. The number of allylic oxidation sites excluding steroid dienone is 5. The van der Waals surface area contributed by atoms with E-state index in [4.69, 9.17) is 0 Å². The lowest BCUT2D eigenvalue weighted by Gasteiger charge is -2.49. The lowest BCUT2D eigenvalue weighted by atomic mass is 9.50. The highest BCUT2D eigenvalue weighted by Crippen LogP contribution is 2.58. The van der Waals surface area contributed by atoms with Gasteiger partial charge >= 0.3 is 0 Å². The maximum atomic E-state index is 14.3. The molecule has 0 amide bonds. The molecule has 3 aromatic carbocycles. The Morgan fingerprint density at radius 3 is 2.18 bits per heavy atom. The summed E-state index contributed by atoms with van der Waals surface area (Å²) in [6.45, 7) is 4.00. The highest BCUT2D eigenvalue weighted by atomic mass is 16.3. The summed E-state index contributed by atoms with van der Waals surface area (Å²) in [4.78, 5) is 28.3. The zero-order valence-corrected chi connectivity index (χ0v) is 18.1. The molecule has 0 aliphatic heterocycles. The minimum atomic E-state index is -1.17. The summed E-state index contributed by atoms with van der Waals surface area (Å²) in [6.07, 6.45) is 5.68. The van der Waals surface area contributed by atoms with E-state index in [9.17, 15) is 14.7 Å². The van der Waals surface area contributed by atoms with Crippen LogP contribution in [0.15, 0.2) is 115 Å². The number of fused-ring (bicyclic) bond motifs is 1. The Morgan fingerprint density at radius 1 is 0.879 bits per heavy atom. The van der Waals surface area contributed by atoms with E-state index in [1.54, 1.807) is 18.2 Å². The average Bonchev–Trinajstić information content (AvgIpc) is 2.86. The lowest BCUT2D eigenvalue weighted by Crippen LogP contribution is -2.54. The summed E-state index contributed by atoms with van der Waals surface area (Å²) in [5, 5.41) is 10.8. The number of rotatable bonds is 4. The molecule has 0 saturated carbocycles. The Hall–Kier alpha value is -3.98. The second kappa shape index (κ2) is 8.18. The van der Waals surface area contributed by atoms with Gasteiger partial charge in [0.1, 0.15) is 5.75 Å². The van der Waals surface area contributed by atoms with Crippen molar-refractivity contribution in [3.05, 3.63) is 132 Å². The number of para-hydroxylation sites is 1. The molecule has 0 bridgehead atoms. The fraction of sp³-hybridized carbons (Fsp3) is 0.133. The minimum Gasteiger partial charge on any atom is -0.508 e. The summed E-state index contributed by atoms with van der Waals surface area (Å²) >= 11 is 0. The number of hydrogen-bond acceptors (Lipinski definition) is 3. The quantitative estimate of drug-likeness (QED) is 0.568.